The fraction of sp³-hybridized carbons (Fsp3) is 0.261. The van der Waals surface area contributed by atoms with Crippen LogP contribution in [-0.4, -0.2) is 82.6 Å². The molecule has 0 spiro atoms. The van der Waals surface area contributed by atoms with Crippen LogP contribution in [0.1, 0.15) is 23.2 Å². The van der Waals surface area contributed by atoms with Crippen LogP contribution in [-0.2, 0) is 33.6 Å². The summed E-state index contributed by atoms with van der Waals surface area (Å²) in [5.74, 6) is -4.07. The van der Waals surface area contributed by atoms with Gasteiger partial charge in [0.25, 0.3) is 35.4 Å². The predicted molar refractivity (Wildman–Crippen MR) is 116 cm³/mol. The van der Waals surface area contributed by atoms with Gasteiger partial charge in [-0.2, -0.15) is 0 Å². The van der Waals surface area contributed by atoms with E-state index >= 15 is 0 Å². The summed E-state index contributed by atoms with van der Waals surface area (Å²) in [4.78, 5) is 89.8. The van der Waals surface area contributed by atoms with Gasteiger partial charge in [0.2, 0.25) is 0 Å². The summed E-state index contributed by atoms with van der Waals surface area (Å²) in [7, 11) is 0. The molecule has 1 saturated heterocycles. The molecule has 0 radical (unpaired) electrons. The van der Waals surface area contributed by atoms with Gasteiger partial charge < -0.3 is 14.3 Å². The van der Waals surface area contributed by atoms with Gasteiger partial charge in [0, 0.05) is 43.2 Å². The highest BCUT2D eigenvalue weighted by atomic mass is 16.7. The molecule has 3 aliphatic rings. The summed E-state index contributed by atoms with van der Waals surface area (Å²) >= 11 is 0. The number of carbonyl (C=O) groups excluding carboxylic acids is 7. The number of imide groups is 3. The molecule has 0 saturated carbocycles. The number of hydrogen-bond donors (Lipinski definition) is 0. The van der Waals surface area contributed by atoms with E-state index in [1.807, 2.05) is 0 Å². The van der Waals surface area contributed by atoms with Gasteiger partial charge in [-0.3, -0.25) is 38.6 Å². The fourth-order valence-electron chi connectivity index (χ4n) is 3.46. The molecule has 0 bridgehead atoms. The van der Waals surface area contributed by atoms with Crippen molar-refractivity contribution in [2.45, 2.75) is 12.8 Å². The molecule has 0 aromatic heterocycles. The summed E-state index contributed by atoms with van der Waals surface area (Å²) in [5, 5.41) is 0.394. The van der Waals surface area contributed by atoms with Crippen molar-refractivity contribution in [3.8, 4) is 11.5 Å². The molecule has 13 nitrogen and oxygen atoms in total. The van der Waals surface area contributed by atoms with E-state index in [1.165, 1.54) is 18.2 Å². The molecule has 1 aromatic carbocycles. The summed E-state index contributed by atoms with van der Waals surface area (Å²) < 4.78 is 11.2. The minimum atomic E-state index is -1.03. The topological polar surface area (TPSA) is 157 Å². The second-order valence-electron chi connectivity index (χ2n) is 7.67. The van der Waals surface area contributed by atoms with Crippen LogP contribution >= 0.6 is 0 Å². The predicted octanol–water partition coefficient (Wildman–Crippen LogP) is -0.485. The molecule has 0 N–H and O–H groups in total. The average Bonchev–Trinajstić information content (AvgIpc) is 3.46. The third-order valence-corrected chi connectivity index (χ3v) is 5.26. The lowest BCUT2D eigenvalue weighted by molar-refractivity contribution is -0.172. The molecule has 0 aliphatic carbocycles. The highest BCUT2D eigenvalue weighted by molar-refractivity contribution is 6.13. The number of ether oxygens (including phenoxy) is 2. The van der Waals surface area contributed by atoms with Crippen LogP contribution in [0.3, 0.4) is 0 Å². The Morgan fingerprint density at radius 1 is 0.667 bits per heavy atom. The average molecular weight is 497 g/mol. The number of rotatable bonds is 10. The molecule has 3 aliphatic heterocycles. The largest absolute Gasteiger partial charge is 0.492 e. The number of benzene rings is 1. The Morgan fingerprint density at radius 3 is 1.50 bits per heavy atom. The van der Waals surface area contributed by atoms with E-state index in [1.54, 1.807) is 0 Å². The number of amides is 6. The lowest BCUT2D eigenvalue weighted by atomic mass is 10.2. The maximum atomic E-state index is 12.6. The molecule has 1 aromatic rings. The van der Waals surface area contributed by atoms with Crippen LogP contribution in [0.5, 0.6) is 11.5 Å². The van der Waals surface area contributed by atoms with Crippen molar-refractivity contribution in [2.24, 2.45) is 0 Å². The minimum Gasteiger partial charge on any atom is -0.492 e. The monoisotopic (exact) mass is 497 g/mol. The third-order valence-electron chi connectivity index (χ3n) is 5.26. The maximum Gasteiger partial charge on any atom is 0.364 e. The number of carbonyl (C=O) groups is 7. The molecule has 36 heavy (non-hydrogen) atoms. The molecule has 1 fully saturated rings. The van der Waals surface area contributed by atoms with Crippen molar-refractivity contribution < 1.29 is 47.9 Å². The standard InChI is InChI=1S/C23H19N3O10/c27-17-1-2-18(28)24(17)7-9-34-15-11-14(23(33)36-26-21(31)5-6-22(26)32)12-16(13-15)35-10-8-25-19(29)3-4-20(25)30/h1-4,11-13H,5-10H2. The van der Waals surface area contributed by atoms with E-state index in [0.29, 0.717) is 5.06 Å². The zero-order chi connectivity index (χ0) is 25.8. The zero-order valence-electron chi connectivity index (χ0n) is 18.7. The van der Waals surface area contributed by atoms with E-state index < -0.39 is 41.4 Å². The number of nitrogens with zero attached hydrogens (tertiary/aromatic N) is 3. The van der Waals surface area contributed by atoms with Crippen LogP contribution < -0.4 is 9.47 Å². The van der Waals surface area contributed by atoms with Gasteiger partial charge in [0.05, 0.1) is 18.7 Å². The molecule has 4 rings (SSSR count). The van der Waals surface area contributed by atoms with E-state index in [-0.39, 0.29) is 56.2 Å². The van der Waals surface area contributed by atoms with Crippen molar-refractivity contribution in [1.29, 1.82) is 0 Å². The lowest BCUT2D eigenvalue weighted by Crippen LogP contribution is -2.34. The Bertz CT molecular complexity index is 1120. The van der Waals surface area contributed by atoms with Crippen LogP contribution in [0.2, 0.25) is 0 Å². The van der Waals surface area contributed by atoms with E-state index in [9.17, 15) is 33.6 Å². The first kappa shape index (κ1) is 24.3. The first-order valence-corrected chi connectivity index (χ1v) is 10.8. The van der Waals surface area contributed by atoms with Crippen LogP contribution in [0.15, 0.2) is 42.5 Å². The number of hydrogen-bond acceptors (Lipinski definition) is 10. The zero-order valence-corrected chi connectivity index (χ0v) is 18.7. The summed E-state index contributed by atoms with van der Waals surface area (Å²) in [5.41, 5.74) is -0.125. The van der Waals surface area contributed by atoms with Gasteiger partial charge in [0.15, 0.2) is 0 Å². The summed E-state index contributed by atoms with van der Waals surface area (Å²) in [6, 6.07) is 3.94. The lowest BCUT2D eigenvalue weighted by Gasteiger charge is -2.17. The fourth-order valence-corrected chi connectivity index (χ4v) is 3.46. The second kappa shape index (κ2) is 10.2. The Hall–Kier alpha value is -4.81. The highest BCUT2D eigenvalue weighted by Crippen LogP contribution is 2.25. The van der Waals surface area contributed by atoms with Gasteiger partial charge in [0.1, 0.15) is 24.7 Å². The third kappa shape index (κ3) is 5.29. The normalized spacial score (nSPS) is 17.2. The van der Waals surface area contributed by atoms with Gasteiger partial charge >= 0.3 is 5.97 Å². The highest BCUT2D eigenvalue weighted by Gasteiger charge is 2.33. The molecule has 3 heterocycles. The molecule has 186 valence electrons. The SMILES string of the molecule is O=C(ON1C(=O)CCC1=O)c1cc(OCCN2C(=O)C=CC2=O)cc(OCCN2C(=O)C=CC2=O)c1. The van der Waals surface area contributed by atoms with Crippen molar-refractivity contribution in [2.75, 3.05) is 26.3 Å². The number of hydroxylamine groups is 2. The van der Waals surface area contributed by atoms with Crippen LogP contribution in [0.25, 0.3) is 0 Å². The first-order valence-electron chi connectivity index (χ1n) is 10.8. The van der Waals surface area contributed by atoms with Gasteiger partial charge in [-0.1, -0.05) is 0 Å². The Labute approximate surface area is 203 Å². The molecule has 0 unspecified atom stereocenters. The van der Waals surface area contributed by atoms with E-state index in [0.717, 1.165) is 34.1 Å². The molecule has 6 amide bonds. The van der Waals surface area contributed by atoms with Gasteiger partial charge in [-0.05, 0) is 12.1 Å². The molecular formula is C23H19N3O10. The quantitative estimate of drug-likeness (QED) is 0.387. The Morgan fingerprint density at radius 2 is 1.08 bits per heavy atom. The van der Waals surface area contributed by atoms with Crippen molar-refractivity contribution in [1.82, 2.24) is 14.9 Å². The Balaban J connectivity index is 1.45. The van der Waals surface area contributed by atoms with E-state index in [4.69, 9.17) is 14.3 Å². The second-order valence-corrected chi connectivity index (χ2v) is 7.67. The van der Waals surface area contributed by atoms with Crippen molar-refractivity contribution >= 4 is 41.4 Å². The van der Waals surface area contributed by atoms with E-state index in [2.05, 4.69) is 0 Å². The summed E-state index contributed by atoms with van der Waals surface area (Å²) in [6.07, 6.45) is 4.40. The first-order chi connectivity index (χ1) is 17.2. The van der Waals surface area contributed by atoms with Crippen LogP contribution in [0.4, 0.5) is 0 Å². The van der Waals surface area contributed by atoms with Crippen molar-refractivity contribution in [3.05, 3.63) is 48.1 Å². The molecule has 0 atom stereocenters. The molecular weight excluding hydrogens is 478 g/mol. The maximum absolute atomic E-state index is 12.6. The minimum absolute atomic E-state index is 0.0570. The van der Waals surface area contributed by atoms with Crippen LogP contribution in [0, 0.1) is 0 Å². The van der Waals surface area contributed by atoms with Crippen molar-refractivity contribution in [3.63, 3.8) is 0 Å². The smallest absolute Gasteiger partial charge is 0.364 e. The van der Waals surface area contributed by atoms with Gasteiger partial charge in [-0.25, -0.2) is 4.79 Å². The summed E-state index contributed by atoms with van der Waals surface area (Å²) in [6.45, 7) is -0.331. The Kier molecular flexibility index (Phi) is 6.90. The molecule has 13 heteroatoms. The van der Waals surface area contributed by atoms with Gasteiger partial charge in [-0.15, -0.1) is 5.06 Å².